The summed E-state index contributed by atoms with van der Waals surface area (Å²) in [6.07, 6.45) is 5.43. The third-order valence-electron chi connectivity index (χ3n) is 3.05. The Balaban J connectivity index is 2.48. The maximum Gasteiger partial charge on any atom is 0.279 e. The lowest BCUT2D eigenvalue weighted by atomic mass is 10.2. The van der Waals surface area contributed by atoms with Crippen molar-refractivity contribution in [2.75, 3.05) is 19.7 Å². The zero-order valence-corrected chi connectivity index (χ0v) is 11.4. The van der Waals surface area contributed by atoms with Crippen molar-refractivity contribution in [2.24, 2.45) is 0 Å². The summed E-state index contributed by atoms with van der Waals surface area (Å²) in [4.78, 5) is 0. The fourth-order valence-corrected chi connectivity index (χ4v) is 3.58. The molecule has 0 bridgehead atoms. The molecule has 1 rings (SSSR count). The average Bonchev–Trinajstić information content (AvgIpc) is 2.54. The minimum atomic E-state index is -3.33. The molecule has 0 amide bonds. The van der Waals surface area contributed by atoms with E-state index in [0.717, 1.165) is 25.7 Å². The summed E-state index contributed by atoms with van der Waals surface area (Å²) >= 11 is 0. The molecule has 1 atom stereocenters. The van der Waals surface area contributed by atoms with Crippen molar-refractivity contribution in [3.05, 3.63) is 0 Å². The molecule has 0 saturated carbocycles. The molecule has 0 aromatic carbocycles. The van der Waals surface area contributed by atoms with Crippen LogP contribution in [0.25, 0.3) is 0 Å². The quantitative estimate of drug-likeness (QED) is 0.747. The molecule has 1 aliphatic rings. The summed E-state index contributed by atoms with van der Waals surface area (Å²) in [5.41, 5.74) is 0. The molecule has 1 saturated heterocycles. The number of aliphatic hydroxyl groups is 1. The van der Waals surface area contributed by atoms with E-state index in [1.165, 1.54) is 0 Å². The van der Waals surface area contributed by atoms with Crippen molar-refractivity contribution in [3.8, 4) is 0 Å². The lowest BCUT2D eigenvalue weighted by Gasteiger charge is -2.23. The molecule has 0 aliphatic carbocycles. The third kappa shape index (κ3) is 5.33. The van der Waals surface area contributed by atoms with E-state index in [2.05, 4.69) is 4.72 Å². The first-order valence-corrected chi connectivity index (χ1v) is 7.88. The molecule has 1 aliphatic heterocycles. The van der Waals surface area contributed by atoms with E-state index in [9.17, 15) is 8.42 Å². The van der Waals surface area contributed by atoms with E-state index in [-0.39, 0.29) is 12.6 Å². The van der Waals surface area contributed by atoms with Gasteiger partial charge in [0.05, 0.1) is 0 Å². The van der Waals surface area contributed by atoms with Crippen LogP contribution in [0.1, 0.15) is 45.4 Å². The van der Waals surface area contributed by atoms with Crippen LogP contribution in [-0.2, 0) is 10.2 Å². The van der Waals surface area contributed by atoms with E-state index >= 15 is 0 Å². The van der Waals surface area contributed by atoms with Crippen LogP contribution in [0.2, 0.25) is 0 Å². The summed E-state index contributed by atoms with van der Waals surface area (Å²) < 4.78 is 28.4. The van der Waals surface area contributed by atoms with Gasteiger partial charge in [-0.05, 0) is 32.6 Å². The van der Waals surface area contributed by atoms with Gasteiger partial charge in [0.15, 0.2) is 0 Å². The van der Waals surface area contributed by atoms with Crippen molar-refractivity contribution in [1.29, 1.82) is 0 Å². The van der Waals surface area contributed by atoms with Crippen molar-refractivity contribution in [2.45, 2.75) is 51.5 Å². The van der Waals surface area contributed by atoms with Crippen molar-refractivity contribution < 1.29 is 13.5 Å². The molecule has 0 radical (unpaired) electrons. The number of nitrogens with one attached hydrogen (secondary N) is 1. The predicted molar refractivity (Wildman–Crippen MR) is 67.9 cm³/mol. The lowest BCUT2D eigenvalue weighted by molar-refractivity contribution is 0.278. The van der Waals surface area contributed by atoms with Crippen LogP contribution in [0.4, 0.5) is 0 Å². The van der Waals surface area contributed by atoms with Gasteiger partial charge in [-0.2, -0.15) is 17.4 Å². The van der Waals surface area contributed by atoms with Gasteiger partial charge < -0.3 is 5.11 Å². The highest BCUT2D eigenvalue weighted by molar-refractivity contribution is 7.87. The Bertz CT molecular complexity index is 298. The minimum absolute atomic E-state index is 0.107. The number of aliphatic hydroxyl groups excluding tert-OH is 1. The summed E-state index contributed by atoms with van der Waals surface area (Å²) in [7, 11) is -3.33. The zero-order chi connectivity index (χ0) is 12.7. The van der Waals surface area contributed by atoms with Gasteiger partial charge in [0, 0.05) is 25.7 Å². The molecule has 6 heteroatoms. The first-order chi connectivity index (χ1) is 8.06. The maximum atomic E-state index is 12.1. The fraction of sp³-hybridized carbons (Fsp3) is 1.00. The Morgan fingerprint density at radius 1 is 1.24 bits per heavy atom. The highest BCUT2D eigenvalue weighted by Crippen LogP contribution is 2.13. The Kier molecular flexibility index (Phi) is 6.40. The van der Waals surface area contributed by atoms with Gasteiger partial charge in [0.25, 0.3) is 10.2 Å². The first kappa shape index (κ1) is 14.9. The standard InChI is InChI=1S/C11H24N2O3S/c1-11(7-6-10-14)12-17(15,16)13-8-4-2-3-5-9-13/h11-12,14H,2-10H2,1H3. The number of hydrogen-bond acceptors (Lipinski definition) is 3. The Morgan fingerprint density at radius 2 is 1.82 bits per heavy atom. The van der Waals surface area contributed by atoms with Gasteiger partial charge in [-0.3, -0.25) is 0 Å². The molecule has 2 N–H and O–H groups in total. The SMILES string of the molecule is CC(CCCO)NS(=O)(=O)N1CCCCCC1. The lowest BCUT2D eigenvalue weighted by Crippen LogP contribution is -2.44. The molecular weight excluding hydrogens is 240 g/mol. The van der Waals surface area contributed by atoms with Crippen LogP contribution in [-0.4, -0.2) is 43.6 Å². The van der Waals surface area contributed by atoms with E-state index in [4.69, 9.17) is 5.11 Å². The van der Waals surface area contributed by atoms with Crippen LogP contribution in [0.15, 0.2) is 0 Å². The summed E-state index contributed by atoms with van der Waals surface area (Å²) in [6.45, 7) is 3.20. The van der Waals surface area contributed by atoms with Crippen LogP contribution in [0, 0.1) is 0 Å². The zero-order valence-electron chi connectivity index (χ0n) is 10.6. The fourth-order valence-electron chi connectivity index (χ4n) is 2.07. The molecule has 0 aromatic rings. The normalized spacial score (nSPS) is 21.1. The van der Waals surface area contributed by atoms with Gasteiger partial charge in [-0.1, -0.05) is 12.8 Å². The summed E-state index contributed by atoms with van der Waals surface area (Å²) in [6, 6.07) is -0.115. The van der Waals surface area contributed by atoms with Crippen molar-refractivity contribution in [3.63, 3.8) is 0 Å². The molecule has 102 valence electrons. The molecule has 0 aromatic heterocycles. The highest BCUT2D eigenvalue weighted by Gasteiger charge is 2.24. The second-order valence-electron chi connectivity index (χ2n) is 4.70. The molecule has 5 nitrogen and oxygen atoms in total. The maximum absolute atomic E-state index is 12.1. The van der Waals surface area contributed by atoms with Gasteiger partial charge in [0.2, 0.25) is 0 Å². The topological polar surface area (TPSA) is 69.6 Å². The molecular formula is C11H24N2O3S. The molecule has 1 heterocycles. The second-order valence-corrected chi connectivity index (χ2v) is 6.41. The molecule has 1 fully saturated rings. The van der Waals surface area contributed by atoms with E-state index in [1.54, 1.807) is 4.31 Å². The van der Waals surface area contributed by atoms with Crippen LogP contribution >= 0.6 is 0 Å². The first-order valence-electron chi connectivity index (χ1n) is 6.44. The minimum Gasteiger partial charge on any atom is -0.396 e. The Morgan fingerprint density at radius 3 is 2.35 bits per heavy atom. The van der Waals surface area contributed by atoms with Crippen molar-refractivity contribution in [1.82, 2.24) is 9.03 Å². The third-order valence-corrected chi connectivity index (χ3v) is 4.80. The van der Waals surface area contributed by atoms with Gasteiger partial charge in [-0.15, -0.1) is 0 Å². The highest BCUT2D eigenvalue weighted by atomic mass is 32.2. The molecule has 0 spiro atoms. The van der Waals surface area contributed by atoms with Crippen LogP contribution < -0.4 is 4.72 Å². The molecule has 17 heavy (non-hydrogen) atoms. The number of hydrogen-bond donors (Lipinski definition) is 2. The second kappa shape index (κ2) is 7.31. The summed E-state index contributed by atoms with van der Waals surface area (Å²) in [5, 5.41) is 8.71. The number of nitrogens with zero attached hydrogens (tertiary/aromatic N) is 1. The van der Waals surface area contributed by atoms with E-state index in [0.29, 0.717) is 25.9 Å². The van der Waals surface area contributed by atoms with Crippen LogP contribution in [0.5, 0.6) is 0 Å². The number of rotatable bonds is 6. The largest absolute Gasteiger partial charge is 0.396 e. The van der Waals surface area contributed by atoms with Gasteiger partial charge in [0.1, 0.15) is 0 Å². The Hall–Kier alpha value is -0.170. The Labute approximate surface area is 104 Å². The van der Waals surface area contributed by atoms with Gasteiger partial charge in [-0.25, -0.2) is 0 Å². The van der Waals surface area contributed by atoms with Gasteiger partial charge >= 0.3 is 0 Å². The van der Waals surface area contributed by atoms with E-state index < -0.39 is 10.2 Å². The smallest absolute Gasteiger partial charge is 0.279 e. The average molecular weight is 264 g/mol. The van der Waals surface area contributed by atoms with Crippen LogP contribution in [0.3, 0.4) is 0 Å². The van der Waals surface area contributed by atoms with E-state index in [1.807, 2.05) is 6.92 Å². The van der Waals surface area contributed by atoms with Crippen molar-refractivity contribution >= 4 is 10.2 Å². The summed E-state index contributed by atoms with van der Waals surface area (Å²) in [5.74, 6) is 0. The predicted octanol–water partition coefficient (Wildman–Crippen LogP) is 0.858. The molecule has 1 unspecified atom stereocenters. The monoisotopic (exact) mass is 264 g/mol.